The van der Waals surface area contributed by atoms with Crippen molar-refractivity contribution in [3.05, 3.63) is 65.7 Å². The number of nitrogens with one attached hydrogen (secondary N) is 1. The minimum absolute atomic E-state index is 0.544. The number of amides is 2. The average molecular weight is 295 g/mol. The first-order valence-corrected chi connectivity index (χ1v) is 6.65. The smallest absolute Gasteiger partial charge is 0.406 e. The van der Waals surface area contributed by atoms with Crippen LogP contribution in [0.3, 0.4) is 0 Å². The van der Waals surface area contributed by atoms with Crippen molar-refractivity contribution in [2.75, 3.05) is 5.32 Å². The number of carbonyl (C=O) groups is 2. The zero-order chi connectivity index (χ0) is 15.5. The summed E-state index contributed by atoms with van der Waals surface area (Å²) in [6.07, 6.45) is -2.37. The van der Waals surface area contributed by atoms with E-state index >= 15 is 0 Å². The quantitative estimate of drug-likeness (QED) is 0.886. The second kappa shape index (κ2) is 5.69. The molecule has 0 radical (unpaired) electrons. The summed E-state index contributed by atoms with van der Waals surface area (Å²) in [4.78, 5) is 27.4. The third kappa shape index (κ3) is 2.67. The van der Waals surface area contributed by atoms with Crippen molar-refractivity contribution in [3.63, 3.8) is 0 Å². The molecule has 1 unspecified atom stereocenters. The van der Waals surface area contributed by atoms with E-state index in [-0.39, 0.29) is 0 Å². The molecule has 0 fully saturated rings. The number of rotatable bonds is 2. The van der Waals surface area contributed by atoms with Crippen LogP contribution in [-0.4, -0.2) is 23.9 Å². The summed E-state index contributed by atoms with van der Waals surface area (Å²) in [7, 11) is 0. The van der Waals surface area contributed by atoms with Gasteiger partial charge in [-0.15, -0.1) is 0 Å². The number of carbonyl (C=O) groups excluding carboxylic acids is 2. The molecule has 6 nitrogen and oxygen atoms in total. The van der Waals surface area contributed by atoms with E-state index in [1.54, 1.807) is 12.1 Å². The molecule has 2 aromatic rings. The normalized spacial score (nSPS) is 16.8. The Bertz CT molecular complexity index is 756. The molecule has 0 aliphatic carbocycles. The number of aliphatic imine (C=N–C) groups is 1. The summed E-state index contributed by atoms with van der Waals surface area (Å²) in [6, 6.07) is 16.6. The molecule has 0 spiro atoms. The number of hydrogen-bond donors (Lipinski definition) is 2. The van der Waals surface area contributed by atoms with Gasteiger partial charge in [-0.1, -0.05) is 48.5 Å². The van der Waals surface area contributed by atoms with Gasteiger partial charge in [0.15, 0.2) is 0 Å². The second-order valence-electron chi connectivity index (χ2n) is 4.67. The highest BCUT2D eigenvalue weighted by atomic mass is 16.6. The Morgan fingerprint density at radius 3 is 2.50 bits per heavy atom. The van der Waals surface area contributed by atoms with Crippen LogP contribution < -0.4 is 11.1 Å². The summed E-state index contributed by atoms with van der Waals surface area (Å²) in [6.45, 7) is 0. The molecule has 3 N–H and O–H groups in total. The summed E-state index contributed by atoms with van der Waals surface area (Å²) in [5, 5.41) is 2.69. The van der Waals surface area contributed by atoms with E-state index in [1.165, 1.54) is 0 Å². The lowest BCUT2D eigenvalue weighted by Crippen LogP contribution is -2.32. The number of benzene rings is 2. The van der Waals surface area contributed by atoms with Gasteiger partial charge in [-0.25, -0.2) is 9.79 Å². The number of nitrogens with two attached hydrogens (primary N) is 1. The van der Waals surface area contributed by atoms with Crippen molar-refractivity contribution in [1.82, 2.24) is 0 Å². The van der Waals surface area contributed by atoms with Gasteiger partial charge in [0.2, 0.25) is 0 Å². The molecule has 1 atom stereocenters. The number of primary amides is 1. The SMILES string of the molecule is NC(=O)OC1N=C(c2ccccc2)c2ccccc2NC1=O. The Labute approximate surface area is 126 Å². The number of ether oxygens (including phenoxy) is 1. The van der Waals surface area contributed by atoms with Gasteiger partial charge in [0.05, 0.1) is 11.4 Å². The fourth-order valence-corrected chi connectivity index (χ4v) is 2.25. The van der Waals surface area contributed by atoms with Crippen molar-refractivity contribution in [1.29, 1.82) is 0 Å². The molecule has 1 heterocycles. The van der Waals surface area contributed by atoms with E-state index in [1.807, 2.05) is 42.5 Å². The third-order valence-corrected chi connectivity index (χ3v) is 3.19. The molecule has 2 amide bonds. The lowest BCUT2D eigenvalue weighted by atomic mass is 10.0. The van der Waals surface area contributed by atoms with Crippen LogP contribution in [0.25, 0.3) is 0 Å². The van der Waals surface area contributed by atoms with E-state index in [4.69, 9.17) is 10.5 Å². The minimum atomic E-state index is -1.32. The minimum Gasteiger partial charge on any atom is -0.414 e. The largest absolute Gasteiger partial charge is 0.414 e. The maximum atomic E-state index is 12.1. The average Bonchev–Trinajstić information content (AvgIpc) is 2.65. The highest BCUT2D eigenvalue weighted by Gasteiger charge is 2.27. The lowest BCUT2D eigenvalue weighted by Gasteiger charge is -2.10. The molecule has 0 saturated heterocycles. The molecule has 0 saturated carbocycles. The van der Waals surface area contributed by atoms with E-state index in [0.717, 1.165) is 11.1 Å². The summed E-state index contributed by atoms with van der Waals surface area (Å²) < 4.78 is 4.81. The molecule has 0 bridgehead atoms. The molecular weight excluding hydrogens is 282 g/mol. The fraction of sp³-hybridized carbons (Fsp3) is 0.0625. The third-order valence-electron chi connectivity index (χ3n) is 3.19. The van der Waals surface area contributed by atoms with Crippen LogP contribution in [0, 0.1) is 0 Å². The molecule has 110 valence electrons. The van der Waals surface area contributed by atoms with Crippen molar-refractivity contribution in [2.24, 2.45) is 10.7 Å². The van der Waals surface area contributed by atoms with Crippen LogP contribution in [0.2, 0.25) is 0 Å². The van der Waals surface area contributed by atoms with E-state index in [0.29, 0.717) is 11.4 Å². The molecule has 1 aliphatic heterocycles. The van der Waals surface area contributed by atoms with Gasteiger partial charge < -0.3 is 15.8 Å². The van der Waals surface area contributed by atoms with Crippen molar-refractivity contribution < 1.29 is 14.3 Å². The van der Waals surface area contributed by atoms with Gasteiger partial charge in [-0.05, 0) is 6.07 Å². The molecule has 6 heteroatoms. The predicted octanol–water partition coefficient (Wildman–Crippen LogP) is 1.90. The Morgan fingerprint density at radius 1 is 1.09 bits per heavy atom. The predicted molar refractivity (Wildman–Crippen MR) is 81.6 cm³/mol. The molecular formula is C16H13N3O3. The van der Waals surface area contributed by atoms with Gasteiger partial charge in [0.25, 0.3) is 12.1 Å². The molecule has 3 rings (SSSR count). The number of nitrogens with zero attached hydrogens (tertiary/aromatic N) is 1. The lowest BCUT2D eigenvalue weighted by molar-refractivity contribution is -0.123. The number of benzodiazepines with no additional fused rings is 1. The Kier molecular flexibility index (Phi) is 3.57. The number of fused-ring (bicyclic) bond motifs is 1. The van der Waals surface area contributed by atoms with E-state index in [9.17, 15) is 9.59 Å². The highest BCUT2D eigenvalue weighted by molar-refractivity contribution is 6.19. The Hall–Kier alpha value is -3.15. The molecule has 22 heavy (non-hydrogen) atoms. The number of hydrogen-bond acceptors (Lipinski definition) is 4. The van der Waals surface area contributed by atoms with Crippen molar-refractivity contribution in [3.8, 4) is 0 Å². The topological polar surface area (TPSA) is 93.8 Å². The second-order valence-corrected chi connectivity index (χ2v) is 4.67. The molecule has 0 aromatic heterocycles. The van der Waals surface area contributed by atoms with Gasteiger partial charge >= 0.3 is 6.09 Å². The first-order valence-electron chi connectivity index (χ1n) is 6.65. The van der Waals surface area contributed by atoms with Crippen LogP contribution in [0.4, 0.5) is 10.5 Å². The maximum Gasteiger partial charge on any atom is 0.406 e. The monoisotopic (exact) mass is 295 g/mol. The Balaban J connectivity index is 2.15. The summed E-state index contributed by atoms with van der Waals surface area (Å²) in [5.74, 6) is -0.544. The number of anilines is 1. The maximum absolute atomic E-state index is 12.1. The highest BCUT2D eigenvalue weighted by Crippen LogP contribution is 2.24. The standard InChI is InChI=1S/C16H13N3O3/c17-16(21)22-15-14(20)18-12-9-5-4-8-11(12)13(19-15)10-6-2-1-3-7-10/h1-9,15H,(H2,17,21)(H,18,20). The summed E-state index contributed by atoms with van der Waals surface area (Å²) in [5.41, 5.74) is 7.73. The van der Waals surface area contributed by atoms with Gasteiger partial charge in [0.1, 0.15) is 0 Å². The van der Waals surface area contributed by atoms with Crippen LogP contribution in [0.1, 0.15) is 11.1 Å². The zero-order valence-electron chi connectivity index (χ0n) is 11.5. The van der Waals surface area contributed by atoms with E-state index < -0.39 is 18.2 Å². The first kappa shape index (κ1) is 13.8. The van der Waals surface area contributed by atoms with Crippen molar-refractivity contribution in [2.45, 2.75) is 6.23 Å². The van der Waals surface area contributed by atoms with Crippen molar-refractivity contribution >= 4 is 23.4 Å². The van der Waals surface area contributed by atoms with Crippen LogP contribution in [0.15, 0.2) is 59.6 Å². The van der Waals surface area contributed by atoms with Crippen LogP contribution in [0.5, 0.6) is 0 Å². The fourth-order valence-electron chi connectivity index (χ4n) is 2.25. The van der Waals surface area contributed by atoms with Crippen LogP contribution >= 0.6 is 0 Å². The Morgan fingerprint density at radius 2 is 1.77 bits per heavy atom. The number of para-hydroxylation sites is 1. The zero-order valence-corrected chi connectivity index (χ0v) is 11.5. The van der Waals surface area contributed by atoms with Gasteiger partial charge in [-0.2, -0.15) is 0 Å². The molecule has 1 aliphatic rings. The molecule has 2 aromatic carbocycles. The summed E-state index contributed by atoms with van der Waals surface area (Å²) >= 11 is 0. The van der Waals surface area contributed by atoms with Crippen LogP contribution in [-0.2, 0) is 9.53 Å². The first-order chi connectivity index (χ1) is 10.6. The van der Waals surface area contributed by atoms with E-state index in [2.05, 4.69) is 10.3 Å². The van der Waals surface area contributed by atoms with Gasteiger partial charge in [0, 0.05) is 11.1 Å². The van der Waals surface area contributed by atoms with Gasteiger partial charge in [-0.3, -0.25) is 4.79 Å².